The number of nitrogen functional groups attached to an aromatic ring is 1. The first kappa shape index (κ1) is 10.5. The van der Waals surface area contributed by atoms with Gasteiger partial charge in [-0.1, -0.05) is 0 Å². The Balaban J connectivity index is 2.02. The maximum Gasteiger partial charge on any atom is 0.126 e. The van der Waals surface area contributed by atoms with Crippen LogP contribution in [0.3, 0.4) is 0 Å². The van der Waals surface area contributed by atoms with Crippen molar-refractivity contribution in [3.63, 3.8) is 0 Å². The second-order valence-corrected chi connectivity index (χ2v) is 3.74. The number of pyridine rings is 1. The molecule has 0 aromatic carbocycles. The first-order valence-electron chi connectivity index (χ1n) is 5.09. The van der Waals surface area contributed by atoms with E-state index in [1.165, 1.54) is 5.56 Å². The van der Waals surface area contributed by atoms with Gasteiger partial charge in [0.15, 0.2) is 0 Å². The summed E-state index contributed by atoms with van der Waals surface area (Å²) < 4.78 is 1.81. The van der Waals surface area contributed by atoms with Crippen molar-refractivity contribution in [2.45, 2.75) is 13.5 Å². The van der Waals surface area contributed by atoms with Crippen LogP contribution in [0.25, 0.3) is 0 Å². The molecule has 2 aromatic rings. The lowest BCUT2D eigenvalue weighted by atomic mass is 10.2. The Bertz CT molecular complexity index is 472. The van der Waals surface area contributed by atoms with Crippen LogP contribution in [0.1, 0.15) is 11.3 Å². The molecule has 0 saturated carbocycles. The fraction of sp³-hybridized carbons (Fsp3) is 0.273. The minimum Gasteiger partial charge on any atom is -0.397 e. The quantitative estimate of drug-likeness (QED) is 0.813. The Morgan fingerprint density at radius 3 is 2.81 bits per heavy atom. The Hall–Kier alpha value is -2.04. The van der Waals surface area contributed by atoms with Gasteiger partial charge in [-0.2, -0.15) is 5.10 Å². The van der Waals surface area contributed by atoms with Crippen molar-refractivity contribution in [3.8, 4) is 0 Å². The molecule has 0 atom stereocenters. The summed E-state index contributed by atoms with van der Waals surface area (Å²) in [5.74, 6) is 0.817. The molecule has 0 radical (unpaired) electrons. The number of hydrogen-bond donors (Lipinski definition) is 2. The van der Waals surface area contributed by atoms with Crippen molar-refractivity contribution >= 4 is 11.5 Å². The molecule has 0 aliphatic rings. The zero-order valence-corrected chi connectivity index (χ0v) is 9.44. The van der Waals surface area contributed by atoms with E-state index in [2.05, 4.69) is 15.4 Å². The smallest absolute Gasteiger partial charge is 0.126 e. The van der Waals surface area contributed by atoms with E-state index in [9.17, 15) is 0 Å². The van der Waals surface area contributed by atoms with Gasteiger partial charge in [0.05, 0.1) is 17.6 Å². The first-order valence-corrected chi connectivity index (χ1v) is 5.09. The Labute approximate surface area is 94.3 Å². The number of rotatable bonds is 3. The molecule has 0 aliphatic carbocycles. The van der Waals surface area contributed by atoms with Crippen LogP contribution >= 0.6 is 0 Å². The highest BCUT2D eigenvalue weighted by Crippen LogP contribution is 2.10. The minimum atomic E-state index is 0.670. The van der Waals surface area contributed by atoms with E-state index in [4.69, 9.17) is 5.73 Å². The lowest BCUT2D eigenvalue weighted by molar-refractivity contribution is 0.756. The molecule has 5 nitrogen and oxygen atoms in total. The number of nitrogens with two attached hydrogens (primary N) is 1. The fourth-order valence-electron chi connectivity index (χ4n) is 1.52. The second-order valence-electron chi connectivity index (χ2n) is 3.74. The van der Waals surface area contributed by atoms with Crippen LogP contribution < -0.4 is 11.1 Å². The zero-order valence-electron chi connectivity index (χ0n) is 9.44. The van der Waals surface area contributed by atoms with Gasteiger partial charge in [0.2, 0.25) is 0 Å². The molecule has 0 spiro atoms. The molecule has 0 fully saturated rings. The summed E-state index contributed by atoms with van der Waals surface area (Å²) in [6, 6.07) is 3.69. The largest absolute Gasteiger partial charge is 0.397 e. The van der Waals surface area contributed by atoms with Gasteiger partial charge in [-0.25, -0.2) is 4.98 Å². The van der Waals surface area contributed by atoms with Gasteiger partial charge in [0, 0.05) is 25.4 Å². The molecule has 0 aliphatic heterocycles. The van der Waals surface area contributed by atoms with E-state index < -0.39 is 0 Å². The standard InChI is InChI=1S/C11H15N5/c1-8-9(7-16(2)15-8)5-13-11-4-3-10(12)6-14-11/h3-4,6-7H,5,12H2,1-2H3,(H,13,14). The lowest BCUT2D eigenvalue weighted by Gasteiger charge is -2.04. The van der Waals surface area contributed by atoms with Crippen molar-refractivity contribution in [2.75, 3.05) is 11.1 Å². The summed E-state index contributed by atoms with van der Waals surface area (Å²) >= 11 is 0. The van der Waals surface area contributed by atoms with Gasteiger partial charge < -0.3 is 11.1 Å². The van der Waals surface area contributed by atoms with Crippen LogP contribution in [0, 0.1) is 6.92 Å². The highest BCUT2D eigenvalue weighted by atomic mass is 15.3. The monoisotopic (exact) mass is 217 g/mol. The Kier molecular flexibility index (Phi) is 2.76. The molecule has 0 unspecified atom stereocenters. The Morgan fingerprint density at radius 2 is 2.25 bits per heavy atom. The average Bonchev–Trinajstić information content (AvgIpc) is 2.57. The van der Waals surface area contributed by atoms with E-state index in [0.717, 1.165) is 18.1 Å². The third-order valence-corrected chi connectivity index (χ3v) is 2.36. The number of aryl methyl sites for hydroxylation is 2. The van der Waals surface area contributed by atoms with E-state index in [-0.39, 0.29) is 0 Å². The van der Waals surface area contributed by atoms with E-state index in [0.29, 0.717) is 5.69 Å². The molecule has 2 heterocycles. The zero-order chi connectivity index (χ0) is 11.5. The van der Waals surface area contributed by atoms with Crippen molar-refractivity contribution in [1.82, 2.24) is 14.8 Å². The van der Waals surface area contributed by atoms with Gasteiger partial charge >= 0.3 is 0 Å². The number of nitrogens with zero attached hydrogens (tertiary/aromatic N) is 3. The van der Waals surface area contributed by atoms with Gasteiger partial charge in [-0.15, -0.1) is 0 Å². The highest BCUT2D eigenvalue weighted by molar-refractivity contribution is 5.44. The topological polar surface area (TPSA) is 68.8 Å². The molecule has 2 rings (SSSR count). The lowest BCUT2D eigenvalue weighted by Crippen LogP contribution is -2.01. The molecule has 0 bridgehead atoms. The van der Waals surface area contributed by atoms with Crippen molar-refractivity contribution < 1.29 is 0 Å². The van der Waals surface area contributed by atoms with E-state index in [1.807, 2.05) is 37.0 Å². The predicted octanol–water partition coefficient (Wildman–Crippen LogP) is 1.32. The summed E-state index contributed by atoms with van der Waals surface area (Å²) in [4.78, 5) is 4.17. The molecule has 3 N–H and O–H groups in total. The first-order chi connectivity index (χ1) is 7.65. The second kappa shape index (κ2) is 4.22. The Morgan fingerprint density at radius 1 is 1.44 bits per heavy atom. The maximum absolute atomic E-state index is 5.56. The number of anilines is 2. The van der Waals surface area contributed by atoms with Gasteiger partial charge in [-0.3, -0.25) is 4.68 Å². The van der Waals surface area contributed by atoms with Crippen LogP contribution in [0.4, 0.5) is 11.5 Å². The van der Waals surface area contributed by atoms with E-state index in [1.54, 1.807) is 6.20 Å². The molecule has 2 aromatic heterocycles. The van der Waals surface area contributed by atoms with Crippen molar-refractivity contribution in [2.24, 2.45) is 7.05 Å². The summed E-state index contributed by atoms with van der Waals surface area (Å²) in [5, 5.41) is 7.50. The highest BCUT2D eigenvalue weighted by Gasteiger charge is 2.02. The normalized spacial score (nSPS) is 10.4. The van der Waals surface area contributed by atoms with Crippen LogP contribution in [-0.2, 0) is 13.6 Å². The van der Waals surface area contributed by atoms with Crippen LogP contribution in [-0.4, -0.2) is 14.8 Å². The molecular weight excluding hydrogens is 202 g/mol. The summed E-state index contributed by atoms with van der Waals surface area (Å²) in [5.41, 5.74) is 8.43. The number of nitrogens with one attached hydrogen (secondary N) is 1. The van der Waals surface area contributed by atoms with Crippen molar-refractivity contribution in [1.29, 1.82) is 0 Å². The number of hydrogen-bond acceptors (Lipinski definition) is 4. The van der Waals surface area contributed by atoms with Gasteiger partial charge in [0.25, 0.3) is 0 Å². The number of aromatic nitrogens is 3. The predicted molar refractivity (Wildman–Crippen MR) is 63.9 cm³/mol. The third kappa shape index (κ3) is 2.31. The minimum absolute atomic E-state index is 0.670. The van der Waals surface area contributed by atoms with Gasteiger partial charge in [0.1, 0.15) is 5.82 Å². The molecule has 0 saturated heterocycles. The third-order valence-electron chi connectivity index (χ3n) is 2.36. The molecule has 0 amide bonds. The average molecular weight is 217 g/mol. The molecular formula is C11H15N5. The van der Waals surface area contributed by atoms with Crippen LogP contribution in [0.2, 0.25) is 0 Å². The summed E-state index contributed by atoms with van der Waals surface area (Å²) in [6.45, 7) is 2.71. The van der Waals surface area contributed by atoms with Crippen molar-refractivity contribution in [3.05, 3.63) is 35.8 Å². The SMILES string of the molecule is Cc1nn(C)cc1CNc1ccc(N)cn1. The molecule has 84 valence electrons. The van der Waals surface area contributed by atoms with Crippen LogP contribution in [0.5, 0.6) is 0 Å². The molecule has 5 heteroatoms. The summed E-state index contributed by atoms with van der Waals surface area (Å²) in [7, 11) is 1.91. The fourth-order valence-corrected chi connectivity index (χ4v) is 1.52. The maximum atomic E-state index is 5.56. The van der Waals surface area contributed by atoms with E-state index >= 15 is 0 Å². The summed E-state index contributed by atoms with van der Waals surface area (Å²) in [6.07, 6.45) is 3.64. The van der Waals surface area contributed by atoms with Crippen LogP contribution in [0.15, 0.2) is 24.5 Å². The molecule has 16 heavy (non-hydrogen) atoms. The van der Waals surface area contributed by atoms with Gasteiger partial charge in [-0.05, 0) is 19.1 Å².